The van der Waals surface area contributed by atoms with E-state index in [9.17, 15) is 9.18 Å². The highest BCUT2D eigenvalue weighted by molar-refractivity contribution is 6.04. The molecule has 1 aromatic heterocycles. The molecule has 0 spiro atoms. The van der Waals surface area contributed by atoms with Crippen molar-refractivity contribution in [3.8, 4) is 0 Å². The number of pyridine rings is 1. The lowest BCUT2D eigenvalue weighted by Gasteiger charge is -2.09. The minimum Gasteiger partial charge on any atom is -0.368 e. The van der Waals surface area contributed by atoms with Crippen molar-refractivity contribution in [2.24, 2.45) is 0 Å². The first kappa shape index (κ1) is 14.0. The van der Waals surface area contributed by atoms with Gasteiger partial charge in [-0.3, -0.25) is 4.79 Å². The fourth-order valence-electron chi connectivity index (χ4n) is 1.71. The summed E-state index contributed by atoms with van der Waals surface area (Å²) in [5.74, 6) is -1.02. The molecule has 1 heterocycles. The van der Waals surface area contributed by atoms with E-state index >= 15 is 0 Å². The highest BCUT2D eigenvalue weighted by Gasteiger charge is 2.15. The monoisotopic (exact) mass is 273 g/mol. The zero-order valence-electron chi connectivity index (χ0n) is 11.2. The largest absolute Gasteiger partial charge is 0.368 e. The molecular weight excluding hydrogens is 257 g/mol. The van der Waals surface area contributed by atoms with Crippen molar-refractivity contribution in [3.05, 3.63) is 54.0 Å². The number of anilines is 2. The molecule has 0 aliphatic carbocycles. The number of benzene rings is 1. The Morgan fingerprint density at radius 3 is 2.70 bits per heavy atom. The summed E-state index contributed by atoms with van der Waals surface area (Å²) in [6.07, 6.45) is 2.27. The number of carbonyl (C=O) groups excluding carboxylic acids is 1. The number of para-hydroxylation sites is 1. The average Bonchev–Trinajstić information content (AvgIpc) is 2.47. The van der Waals surface area contributed by atoms with Crippen molar-refractivity contribution < 1.29 is 9.18 Å². The van der Waals surface area contributed by atoms with Crippen molar-refractivity contribution in [2.75, 3.05) is 17.2 Å². The summed E-state index contributed by atoms with van der Waals surface area (Å²) in [6.45, 7) is 2.57. The molecule has 5 heteroatoms. The van der Waals surface area contributed by atoms with Gasteiger partial charge in [-0.1, -0.05) is 25.1 Å². The fraction of sp³-hybridized carbons (Fsp3) is 0.200. The molecule has 2 aromatic rings. The standard InChI is InChI=1S/C15H16FN3O/c1-2-9-17-14-13(16)12(8-10-18-14)15(20)19-11-6-4-3-5-7-11/h3-8,10H,2,9H2,1H3,(H,17,18)(H,19,20). The molecule has 2 N–H and O–H groups in total. The van der Waals surface area contributed by atoms with Crippen LogP contribution < -0.4 is 10.6 Å². The summed E-state index contributed by atoms with van der Waals surface area (Å²) >= 11 is 0. The van der Waals surface area contributed by atoms with Gasteiger partial charge in [0.05, 0.1) is 5.56 Å². The number of hydrogen-bond donors (Lipinski definition) is 2. The van der Waals surface area contributed by atoms with E-state index in [1.165, 1.54) is 12.3 Å². The molecule has 2 rings (SSSR count). The summed E-state index contributed by atoms with van der Waals surface area (Å²) < 4.78 is 14.2. The second-order valence-corrected chi connectivity index (χ2v) is 4.27. The number of amides is 1. The number of hydrogen-bond acceptors (Lipinski definition) is 3. The third-order valence-corrected chi connectivity index (χ3v) is 2.71. The summed E-state index contributed by atoms with van der Waals surface area (Å²) in [4.78, 5) is 16.0. The second kappa shape index (κ2) is 6.65. The lowest BCUT2D eigenvalue weighted by Crippen LogP contribution is -2.15. The van der Waals surface area contributed by atoms with Crippen LogP contribution in [0.1, 0.15) is 23.7 Å². The summed E-state index contributed by atoms with van der Waals surface area (Å²) in [5.41, 5.74) is 0.597. The highest BCUT2D eigenvalue weighted by Crippen LogP contribution is 2.17. The van der Waals surface area contributed by atoms with Crippen LogP contribution in [-0.2, 0) is 0 Å². The fourth-order valence-corrected chi connectivity index (χ4v) is 1.71. The van der Waals surface area contributed by atoms with Crippen LogP contribution in [0.5, 0.6) is 0 Å². The number of halogens is 1. The molecule has 1 aromatic carbocycles. The van der Waals surface area contributed by atoms with Crippen molar-refractivity contribution >= 4 is 17.4 Å². The zero-order valence-corrected chi connectivity index (χ0v) is 11.2. The molecule has 1 amide bonds. The minimum atomic E-state index is -0.630. The van der Waals surface area contributed by atoms with Crippen molar-refractivity contribution in [1.82, 2.24) is 4.98 Å². The molecule has 0 saturated heterocycles. The van der Waals surface area contributed by atoms with E-state index in [-0.39, 0.29) is 11.4 Å². The normalized spacial score (nSPS) is 10.1. The van der Waals surface area contributed by atoms with Gasteiger partial charge in [0.25, 0.3) is 5.91 Å². The molecule has 0 atom stereocenters. The van der Waals surface area contributed by atoms with Gasteiger partial charge in [-0.25, -0.2) is 9.37 Å². The van der Waals surface area contributed by atoms with Gasteiger partial charge in [-0.15, -0.1) is 0 Å². The number of rotatable bonds is 5. The Kier molecular flexibility index (Phi) is 4.65. The van der Waals surface area contributed by atoms with Crippen LogP contribution in [0, 0.1) is 5.82 Å². The number of aromatic nitrogens is 1. The zero-order chi connectivity index (χ0) is 14.4. The molecule has 0 fully saturated rings. The SMILES string of the molecule is CCCNc1nccc(C(=O)Nc2ccccc2)c1F. The van der Waals surface area contributed by atoms with E-state index in [1.54, 1.807) is 24.3 Å². The van der Waals surface area contributed by atoms with Gasteiger partial charge in [0, 0.05) is 18.4 Å². The molecule has 4 nitrogen and oxygen atoms in total. The molecule has 0 aliphatic heterocycles. The molecule has 20 heavy (non-hydrogen) atoms. The smallest absolute Gasteiger partial charge is 0.258 e. The number of nitrogens with one attached hydrogen (secondary N) is 2. The van der Waals surface area contributed by atoms with E-state index in [0.717, 1.165) is 6.42 Å². The lowest BCUT2D eigenvalue weighted by molar-refractivity contribution is 0.102. The molecule has 0 aliphatic rings. The maximum Gasteiger partial charge on any atom is 0.258 e. The van der Waals surface area contributed by atoms with Crippen molar-refractivity contribution in [2.45, 2.75) is 13.3 Å². The minimum absolute atomic E-state index is 0.0255. The van der Waals surface area contributed by atoms with Gasteiger partial charge in [0.15, 0.2) is 11.6 Å². The van der Waals surface area contributed by atoms with Crippen LogP contribution in [0.15, 0.2) is 42.6 Å². The van der Waals surface area contributed by atoms with Crippen LogP contribution in [0.3, 0.4) is 0 Å². The van der Waals surface area contributed by atoms with Crippen LogP contribution >= 0.6 is 0 Å². The predicted molar refractivity (Wildman–Crippen MR) is 77.4 cm³/mol. The Hall–Kier alpha value is -2.43. The second-order valence-electron chi connectivity index (χ2n) is 4.27. The molecule has 0 unspecified atom stereocenters. The average molecular weight is 273 g/mol. The Balaban J connectivity index is 2.17. The number of carbonyl (C=O) groups is 1. The van der Waals surface area contributed by atoms with E-state index in [1.807, 2.05) is 13.0 Å². The lowest BCUT2D eigenvalue weighted by atomic mass is 10.2. The van der Waals surface area contributed by atoms with Crippen molar-refractivity contribution in [3.63, 3.8) is 0 Å². The van der Waals surface area contributed by atoms with Gasteiger partial charge in [0.2, 0.25) is 0 Å². The van der Waals surface area contributed by atoms with Gasteiger partial charge >= 0.3 is 0 Å². The predicted octanol–water partition coefficient (Wildman–Crippen LogP) is 3.29. The first-order chi connectivity index (χ1) is 9.72. The van der Waals surface area contributed by atoms with Crippen molar-refractivity contribution in [1.29, 1.82) is 0 Å². The Bertz CT molecular complexity index is 587. The number of nitrogens with zero attached hydrogens (tertiary/aromatic N) is 1. The Morgan fingerprint density at radius 1 is 1.25 bits per heavy atom. The van der Waals surface area contributed by atoms with Gasteiger partial charge < -0.3 is 10.6 Å². The first-order valence-corrected chi connectivity index (χ1v) is 6.47. The van der Waals surface area contributed by atoms with Crippen LogP contribution in [-0.4, -0.2) is 17.4 Å². The maximum absolute atomic E-state index is 14.2. The van der Waals surface area contributed by atoms with Gasteiger partial charge in [-0.05, 0) is 24.6 Å². The molecule has 0 radical (unpaired) electrons. The molecular formula is C15H16FN3O. The molecule has 104 valence electrons. The van der Waals surface area contributed by atoms with Gasteiger partial charge in [-0.2, -0.15) is 0 Å². The topological polar surface area (TPSA) is 54.0 Å². The van der Waals surface area contributed by atoms with E-state index in [4.69, 9.17) is 0 Å². The maximum atomic E-state index is 14.2. The quantitative estimate of drug-likeness (QED) is 0.879. The van der Waals surface area contributed by atoms with Crippen LogP contribution in [0.2, 0.25) is 0 Å². The van der Waals surface area contributed by atoms with E-state index in [2.05, 4.69) is 15.6 Å². The van der Waals surface area contributed by atoms with Crippen LogP contribution in [0.4, 0.5) is 15.9 Å². The van der Waals surface area contributed by atoms with E-state index in [0.29, 0.717) is 12.2 Å². The first-order valence-electron chi connectivity index (χ1n) is 6.47. The van der Waals surface area contributed by atoms with Crippen LogP contribution in [0.25, 0.3) is 0 Å². The summed E-state index contributed by atoms with van der Waals surface area (Å²) in [7, 11) is 0. The third-order valence-electron chi connectivity index (χ3n) is 2.71. The van der Waals surface area contributed by atoms with Gasteiger partial charge in [0.1, 0.15) is 0 Å². The van der Waals surface area contributed by atoms with E-state index < -0.39 is 11.7 Å². The summed E-state index contributed by atoms with van der Waals surface area (Å²) in [5, 5.41) is 5.50. The molecule has 0 bridgehead atoms. The Labute approximate surface area is 117 Å². The molecule has 0 saturated carbocycles. The Morgan fingerprint density at radius 2 is 2.00 bits per heavy atom. The highest BCUT2D eigenvalue weighted by atomic mass is 19.1. The third kappa shape index (κ3) is 3.32. The summed E-state index contributed by atoms with van der Waals surface area (Å²) in [6, 6.07) is 10.3.